The number of hydrogen-bond acceptors (Lipinski definition) is 4. The van der Waals surface area contributed by atoms with E-state index in [-0.39, 0.29) is 11.8 Å². The van der Waals surface area contributed by atoms with Crippen molar-refractivity contribution in [2.24, 2.45) is 5.92 Å². The van der Waals surface area contributed by atoms with Gasteiger partial charge in [0.15, 0.2) is 0 Å². The summed E-state index contributed by atoms with van der Waals surface area (Å²) in [5.41, 5.74) is -1.29. The van der Waals surface area contributed by atoms with Gasteiger partial charge in [-0.1, -0.05) is 6.92 Å². The molecule has 1 heterocycles. The van der Waals surface area contributed by atoms with Crippen LogP contribution in [0.15, 0.2) is 0 Å². The number of nitrogens with zero attached hydrogens (tertiary/aromatic N) is 2. The highest BCUT2D eigenvalue weighted by molar-refractivity contribution is 5.87. The standard InChI is InChI=1S/C15H23N3O3/c1-10-7-11(12(19)17-15(9-16)5-6-15)18(8-10)13(20)21-14(2,3)4/h10-11H,5-8H2,1-4H3,(H,17,19)/t10-,11-/m0/s1. The van der Waals surface area contributed by atoms with Gasteiger partial charge < -0.3 is 10.1 Å². The van der Waals surface area contributed by atoms with Crippen LogP contribution in [0.1, 0.15) is 47.0 Å². The molecule has 0 unspecified atom stereocenters. The van der Waals surface area contributed by atoms with E-state index in [9.17, 15) is 9.59 Å². The lowest BCUT2D eigenvalue weighted by Crippen LogP contribution is -2.50. The molecule has 0 aromatic rings. The van der Waals surface area contributed by atoms with Gasteiger partial charge >= 0.3 is 6.09 Å². The average Bonchev–Trinajstić information content (AvgIpc) is 3.00. The minimum Gasteiger partial charge on any atom is -0.444 e. The number of carbonyl (C=O) groups excluding carboxylic acids is 2. The predicted molar refractivity (Wildman–Crippen MR) is 76.2 cm³/mol. The lowest BCUT2D eigenvalue weighted by atomic mass is 10.1. The summed E-state index contributed by atoms with van der Waals surface area (Å²) in [6.07, 6.45) is 1.51. The van der Waals surface area contributed by atoms with Crippen LogP contribution in [-0.2, 0) is 9.53 Å². The van der Waals surface area contributed by atoms with Gasteiger partial charge in [0.05, 0.1) is 6.07 Å². The van der Waals surface area contributed by atoms with E-state index < -0.39 is 23.3 Å². The zero-order valence-electron chi connectivity index (χ0n) is 13.1. The second-order valence-electron chi connectivity index (χ2n) is 7.17. The van der Waals surface area contributed by atoms with Crippen LogP contribution >= 0.6 is 0 Å². The molecule has 6 nitrogen and oxygen atoms in total. The van der Waals surface area contributed by atoms with Gasteiger partial charge in [-0.2, -0.15) is 5.26 Å². The number of nitriles is 1. The maximum Gasteiger partial charge on any atom is 0.410 e. The molecule has 1 saturated heterocycles. The summed E-state index contributed by atoms with van der Waals surface area (Å²) >= 11 is 0. The third kappa shape index (κ3) is 3.66. The van der Waals surface area contributed by atoms with Crippen molar-refractivity contribution in [1.82, 2.24) is 10.2 Å². The van der Waals surface area contributed by atoms with Crippen molar-refractivity contribution < 1.29 is 14.3 Å². The van der Waals surface area contributed by atoms with E-state index in [0.29, 0.717) is 25.8 Å². The molecule has 2 aliphatic rings. The van der Waals surface area contributed by atoms with Gasteiger partial charge in [-0.3, -0.25) is 9.69 Å². The van der Waals surface area contributed by atoms with Gasteiger partial charge in [0, 0.05) is 6.54 Å². The normalized spacial score (nSPS) is 26.9. The van der Waals surface area contributed by atoms with Gasteiger partial charge in [-0.15, -0.1) is 0 Å². The fourth-order valence-corrected chi connectivity index (χ4v) is 2.53. The lowest BCUT2D eigenvalue weighted by molar-refractivity contribution is -0.126. The van der Waals surface area contributed by atoms with Gasteiger partial charge in [0.1, 0.15) is 17.2 Å². The van der Waals surface area contributed by atoms with Crippen molar-refractivity contribution in [2.75, 3.05) is 6.54 Å². The van der Waals surface area contributed by atoms with Crippen LogP contribution in [0.5, 0.6) is 0 Å². The van der Waals surface area contributed by atoms with Crippen LogP contribution in [-0.4, -0.2) is 40.6 Å². The molecule has 1 saturated carbocycles. The number of likely N-dealkylation sites (tertiary alicyclic amines) is 1. The van der Waals surface area contributed by atoms with Crippen LogP contribution < -0.4 is 5.32 Å². The Morgan fingerprint density at radius 3 is 2.48 bits per heavy atom. The zero-order valence-corrected chi connectivity index (χ0v) is 13.1. The van der Waals surface area contributed by atoms with E-state index in [2.05, 4.69) is 11.4 Å². The fourth-order valence-electron chi connectivity index (χ4n) is 2.53. The van der Waals surface area contributed by atoms with Gasteiger partial charge in [-0.05, 0) is 46.0 Å². The minimum absolute atomic E-state index is 0.241. The Balaban J connectivity index is 2.04. The quantitative estimate of drug-likeness (QED) is 0.841. The maximum atomic E-state index is 12.4. The zero-order chi connectivity index (χ0) is 15.8. The Hall–Kier alpha value is -1.77. The first-order valence-electron chi connectivity index (χ1n) is 7.39. The SMILES string of the molecule is C[C@H]1C[C@@H](C(=O)NC2(C#N)CC2)N(C(=O)OC(C)(C)C)C1. The Morgan fingerprint density at radius 2 is 2.00 bits per heavy atom. The van der Waals surface area contributed by atoms with E-state index in [4.69, 9.17) is 10.00 Å². The van der Waals surface area contributed by atoms with Gasteiger partial charge in [0.2, 0.25) is 5.91 Å². The molecule has 1 N–H and O–H groups in total. The van der Waals surface area contributed by atoms with Crippen molar-refractivity contribution in [3.63, 3.8) is 0 Å². The summed E-state index contributed by atoms with van der Waals surface area (Å²) in [6.45, 7) is 7.91. The van der Waals surface area contributed by atoms with E-state index in [1.54, 1.807) is 20.8 Å². The van der Waals surface area contributed by atoms with Crippen LogP contribution in [0.2, 0.25) is 0 Å². The summed E-state index contributed by atoms with van der Waals surface area (Å²) in [5, 5.41) is 11.8. The first-order chi connectivity index (χ1) is 9.66. The molecule has 21 heavy (non-hydrogen) atoms. The second kappa shape index (κ2) is 5.21. The third-order valence-electron chi connectivity index (χ3n) is 3.77. The highest BCUT2D eigenvalue weighted by Gasteiger charge is 2.48. The summed E-state index contributed by atoms with van der Waals surface area (Å²) in [5.74, 6) is -0.00485. The molecule has 2 atom stereocenters. The molecule has 1 aliphatic heterocycles. The van der Waals surface area contributed by atoms with Crippen LogP contribution in [0.3, 0.4) is 0 Å². The smallest absolute Gasteiger partial charge is 0.410 e. The Bertz CT molecular complexity index is 485. The molecule has 0 bridgehead atoms. The number of nitrogens with one attached hydrogen (secondary N) is 1. The molecule has 0 aromatic carbocycles. The van der Waals surface area contributed by atoms with Crippen LogP contribution in [0.4, 0.5) is 4.79 Å². The number of carbonyl (C=O) groups is 2. The summed E-state index contributed by atoms with van der Waals surface area (Å²) in [7, 11) is 0. The molecule has 116 valence electrons. The average molecular weight is 293 g/mol. The Kier molecular flexibility index (Phi) is 3.87. The molecular weight excluding hydrogens is 270 g/mol. The predicted octanol–water partition coefficient (Wildman–Crippen LogP) is 1.80. The molecule has 0 spiro atoms. The largest absolute Gasteiger partial charge is 0.444 e. The number of rotatable bonds is 2. The third-order valence-corrected chi connectivity index (χ3v) is 3.77. The fraction of sp³-hybridized carbons (Fsp3) is 0.800. The van der Waals surface area contributed by atoms with E-state index in [1.165, 1.54) is 4.90 Å². The molecule has 0 aromatic heterocycles. The highest BCUT2D eigenvalue weighted by atomic mass is 16.6. The molecule has 1 aliphatic carbocycles. The van der Waals surface area contributed by atoms with Crippen molar-refractivity contribution in [2.45, 2.75) is 64.1 Å². The summed E-state index contributed by atoms with van der Waals surface area (Å²) in [6, 6.07) is 1.59. The van der Waals surface area contributed by atoms with Gasteiger partial charge in [0.25, 0.3) is 0 Å². The monoisotopic (exact) mass is 293 g/mol. The van der Waals surface area contributed by atoms with Crippen LogP contribution in [0.25, 0.3) is 0 Å². The highest BCUT2D eigenvalue weighted by Crippen LogP contribution is 2.35. The molecule has 2 amide bonds. The first kappa shape index (κ1) is 15.6. The van der Waals surface area contributed by atoms with Crippen molar-refractivity contribution in [3.05, 3.63) is 0 Å². The number of amides is 2. The molecular formula is C15H23N3O3. The Labute approximate surface area is 125 Å². The molecule has 2 rings (SSSR count). The topological polar surface area (TPSA) is 82.4 Å². The van der Waals surface area contributed by atoms with Crippen molar-refractivity contribution in [1.29, 1.82) is 5.26 Å². The van der Waals surface area contributed by atoms with Crippen molar-refractivity contribution >= 4 is 12.0 Å². The minimum atomic E-state index is -0.706. The molecule has 2 fully saturated rings. The summed E-state index contributed by atoms with van der Waals surface area (Å²) < 4.78 is 5.36. The Morgan fingerprint density at radius 1 is 1.38 bits per heavy atom. The summed E-state index contributed by atoms with van der Waals surface area (Å²) in [4.78, 5) is 26.1. The molecule has 0 radical (unpaired) electrons. The van der Waals surface area contributed by atoms with Crippen molar-refractivity contribution in [3.8, 4) is 6.07 Å². The second-order valence-corrected chi connectivity index (χ2v) is 7.17. The number of hydrogen-bond donors (Lipinski definition) is 1. The number of ether oxygens (including phenoxy) is 1. The lowest BCUT2D eigenvalue weighted by Gasteiger charge is -2.28. The van der Waals surface area contributed by atoms with Gasteiger partial charge in [-0.25, -0.2) is 4.79 Å². The molecule has 6 heteroatoms. The first-order valence-corrected chi connectivity index (χ1v) is 7.39. The van der Waals surface area contributed by atoms with Crippen LogP contribution in [0, 0.1) is 17.2 Å². The van der Waals surface area contributed by atoms with E-state index in [1.807, 2.05) is 6.92 Å². The van der Waals surface area contributed by atoms with E-state index >= 15 is 0 Å². The maximum absolute atomic E-state index is 12.4. The van der Waals surface area contributed by atoms with E-state index in [0.717, 1.165) is 0 Å².